The van der Waals surface area contributed by atoms with Gasteiger partial charge in [0.25, 0.3) is 0 Å². The van der Waals surface area contributed by atoms with Gasteiger partial charge in [0, 0.05) is 11.3 Å². The Bertz CT molecular complexity index is 2720. The molecule has 2 unspecified atom stereocenters. The van der Waals surface area contributed by atoms with E-state index >= 15 is 0 Å². The Morgan fingerprint density at radius 3 is 2.04 bits per heavy atom. The molecule has 7 aromatic carbocycles. The molecule has 0 heterocycles. The zero-order valence-electron chi connectivity index (χ0n) is 30.4. The molecule has 0 aromatic heterocycles. The van der Waals surface area contributed by atoms with Crippen LogP contribution in [0.5, 0.6) is 0 Å². The molecule has 0 heteroatoms. The Balaban J connectivity index is 1.23. The van der Waals surface area contributed by atoms with Crippen LogP contribution in [0.15, 0.2) is 201 Å². The molecule has 0 bridgehead atoms. The molecule has 0 saturated carbocycles. The van der Waals surface area contributed by atoms with E-state index in [1.54, 1.807) is 0 Å². The van der Waals surface area contributed by atoms with Crippen LogP contribution in [-0.4, -0.2) is 0 Å². The van der Waals surface area contributed by atoms with Crippen molar-refractivity contribution in [2.24, 2.45) is 0 Å². The van der Waals surface area contributed by atoms with Gasteiger partial charge in [0.1, 0.15) is 0 Å². The van der Waals surface area contributed by atoms with Crippen molar-refractivity contribution in [3.63, 3.8) is 0 Å². The van der Waals surface area contributed by atoms with Crippen LogP contribution in [0.1, 0.15) is 63.3 Å². The third-order valence-electron chi connectivity index (χ3n) is 11.4. The first-order chi connectivity index (χ1) is 26.6. The summed E-state index contributed by atoms with van der Waals surface area (Å²) in [6.07, 6.45) is 18.1. The fourth-order valence-corrected chi connectivity index (χ4v) is 8.53. The molecule has 0 saturated heterocycles. The zero-order valence-corrected chi connectivity index (χ0v) is 30.4. The molecular weight excluding hydrogens is 649 g/mol. The summed E-state index contributed by atoms with van der Waals surface area (Å²) in [4.78, 5) is 0. The highest BCUT2D eigenvalue weighted by Crippen LogP contribution is 2.47. The van der Waals surface area contributed by atoms with Gasteiger partial charge in [0.05, 0.1) is 0 Å². The number of hydrogen-bond acceptors (Lipinski definition) is 0. The Labute approximate surface area is 318 Å². The lowest BCUT2D eigenvalue weighted by Crippen LogP contribution is -2.34. The van der Waals surface area contributed by atoms with E-state index in [0.29, 0.717) is 0 Å². The molecule has 2 aliphatic rings. The molecule has 1 spiro atoms. The van der Waals surface area contributed by atoms with Crippen molar-refractivity contribution in [1.29, 1.82) is 0 Å². The molecule has 0 nitrogen and oxygen atoms in total. The lowest BCUT2D eigenvalue weighted by Gasteiger charge is -2.37. The summed E-state index contributed by atoms with van der Waals surface area (Å²) in [6.45, 7) is 4.69. The average Bonchev–Trinajstić information content (AvgIpc) is 3.28. The highest BCUT2D eigenvalue weighted by Gasteiger charge is 2.37. The van der Waals surface area contributed by atoms with E-state index < -0.39 is 0 Å². The maximum absolute atomic E-state index is 4.69. The Morgan fingerprint density at radius 2 is 1.20 bits per heavy atom. The second-order valence-corrected chi connectivity index (χ2v) is 14.6. The molecule has 258 valence electrons. The predicted octanol–water partition coefficient (Wildman–Crippen LogP) is 12.0. The fraction of sp³-hybridized carbons (Fsp3) is 0.0741. The smallest absolute Gasteiger partial charge is 0.0284 e. The van der Waals surface area contributed by atoms with Crippen LogP contribution in [0.25, 0.3) is 40.1 Å². The average molecular weight is 691 g/mol. The highest BCUT2D eigenvalue weighted by molar-refractivity contribution is 5.88. The van der Waals surface area contributed by atoms with Crippen LogP contribution < -0.4 is 10.4 Å². The number of fused-ring (bicyclic) bond motifs is 6. The largest absolute Gasteiger partial charge is 0.0911 e. The van der Waals surface area contributed by atoms with E-state index in [9.17, 15) is 0 Å². The van der Waals surface area contributed by atoms with E-state index in [1.807, 2.05) is 0 Å². The molecule has 0 N–H and O–H groups in total. The van der Waals surface area contributed by atoms with Crippen molar-refractivity contribution in [3.8, 4) is 0 Å². The van der Waals surface area contributed by atoms with Gasteiger partial charge in [-0.2, -0.15) is 0 Å². The van der Waals surface area contributed by atoms with Crippen LogP contribution >= 0.6 is 0 Å². The first-order valence-corrected chi connectivity index (χ1v) is 19.0. The van der Waals surface area contributed by atoms with Gasteiger partial charge in [-0.1, -0.05) is 201 Å². The Kier molecular flexibility index (Phi) is 8.95. The molecule has 0 aliphatic heterocycles. The van der Waals surface area contributed by atoms with Crippen molar-refractivity contribution >= 4 is 40.1 Å². The standard InChI is InChI=1S/C54H42/c1-39-27-29-42(45-23-14-24-48(35-45)51(43-18-6-3-7-19-43)30-28-40-15-4-2-5-16-40)32-34-54(52-26-13-12-25-50(39)52)33-31-41-17-8-9-20-44(41)36-49-37-46-21-10-11-22-47(46)38-53(49)54/h2-32,35-38,51H,1,33-34H2/b29-27-,30-28-,41-31-,42-32+,44-36-. The maximum atomic E-state index is 4.69. The van der Waals surface area contributed by atoms with Crippen LogP contribution in [0.4, 0.5) is 0 Å². The van der Waals surface area contributed by atoms with Crippen molar-refractivity contribution < 1.29 is 0 Å². The summed E-state index contributed by atoms with van der Waals surface area (Å²) in [7, 11) is 0. The molecule has 0 amide bonds. The number of rotatable bonds is 5. The van der Waals surface area contributed by atoms with Crippen molar-refractivity contribution in [3.05, 3.63) is 256 Å². The fourth-order valence-electron chi connectivity index (χ4n) is 8.53. The molecule has 2 aliphatic carbocycles. The third-order valence-corrected chi connectivity index (χ3v) is 11.4. The lowest BCUT2D eigenvalue weighted by molar-refractivity contribution is 0.539. The van der Waals surface area contributed by atoms with Gasteiger partial charge in [-0.25, -0.2) is 0 Å². The highest BCUT2D eigenvalue weighted by atomic mass is 14.4. The summed E-state index contributed by atoms with van der Waals surface area (Å²) in [5.41, 5.74) is 12.0. The van der Waals surface area contributed by atoms with Crippen LogP contribution in [-0.2, 0) is 5.41 Å². The normalized spacial score (nSPS) is 19.9. The predicted molar refractivity (Wildman–Crippen MR) is 230 cm³/mol. The van der Waals surface area contributed by atoms with Gasteiger partial charge in [-0.15, -0.1) is 0 Å². The van der Waals surface area contributed by atoms with Crippen molar-refractivity contribution in [2.75, 3.05) is 0 Å². The summed E-state index contributed by atoms with van der Waals surface area (Å²) in [5, 5.41) is 5.06. The van der Waals surface area contributed by atoms with Crippen LogP contribution in [0.3, 0.4) is 0 Å². The number of allylic oxidation sites excluding steroid dienone is 6. The molecular formula is C54H42. The molecule has 54 heavy (non-hydrogen) atoms. The van der Waals surface area contributed by atoms with Gasteiger partial charge >= 0.3 is 0 Å². The molecule has 2 atom stereocenters. The van der Waals surface area contributed by atoms with Crippen molar-refractivity contribution in [2.45, 2.75) is 24.2 Å². The first-order valence-electron chi connectivity index (χ1n) is 19.0. The first kappa shape index (κ1) is 33.3. The molecule has 7 aromatic rings. The zero-order chi connectivity index (χ0) is 36.3. The second kappa shape index (κ2) is 14.5. The van der Waals surface area contributed by atoms with Gasteiger partial charge in [-0.3, -0.25) is 0 Å². The summed E-state index contributed by atoms with van der Waals surface area (Å²) < 4.78 is 0. The van der Waals surface area contributed by atoms with E-state index in [1.165, 1.54) is 71.3 Å². The minimum atomic E-state index is -0.344. The summed E-state index contributed by atoms with van der Waals surface area (Å²) in [6, 6.07) is 62.0. The van der Waals surface area contributed by atoms with Gasteiger partial charge < -0.3 is 0 Å². The molecule has 0 radical (unpaired) electrons. The monoisotopic (exact) mass is 690 g/mol. The Hall–Kier alpha value is -6.50. The maximum Gasteiger partial charge on any atom is 0.0284 e. The minimum Gasteiger partial charge on any atom is -0.0911 e. The van der Waals surface area contributed by atoms with Crippen LogP contribution in [0.2, 0.25) is 0 Å². The number of benzene rings is 7. The molecule has 0 fully saturated rings. The topological polar surface area (TPSA) is 0 Å². The summed E-state index contributed by atoms with van der Waals surface area (Å²) >= 11 is 0. The van der Waals surface area contributed by atoms with Gasteiger partial charge in [0.2, 0.25) is 0 Å². The van der Waals surface area contributed by atoms with Crippen molar-refractivity contribution in [1.82, 2.24) is 0 Å². The minimum absolute atomic E-state index is 0.105. The quantitative estimate of drug-likeness (QED) is 0.169. The van der Waals surface area contributed by atoms with E-state index in [2.05, 4.69) is 219 Å². The SMILES string of the molecule is C=C1/C=C\C(c2cccc(C(/C=C\c3ccccc3)c3ccccc3)c2)=C/CC2(C/C=c3/cccc/c3=C/c3cc4ccccc4cc32)c2ccccc21. The number of hydrogen-bond donors (Lipinski definition) is 0. The second-order valence-electron chi connectivity index (χ2n) is 14.6. The third kappa shape index (κ3) is 6.42. The Morgan fingerprint density at radius 1 is 0.537 bits per heavy atom. The summed E-state index contributed by atoms with van der Waals surface area (Å²) in [5.74, 6) is 0.105. The van der Waals surface area contributed by atoms with E-state index in [-0.39, 0.29) is 11.3 Å². The van der Waals surface area contributed by atoms with Crippen LogP contribution in [0, 0.1) is 0 Å². The molecule has 9 rings (SSSR count). The lowest BCUT2D eigenvalue weighted by atomic mass is 9.65. The van der Waals surface area contributed by atoms with E-state index in [4.69, 9.17) is 0 Å². The van der Waals surface area contributed by atoms with Gasteiger partial charge in [-0.05, 0) is 108 Å². The van der Waals surface area contributed by atoms with E-state index in [0.717, 1.165) is 18.4 Å². The van der Waals surface area contributed by atoms with Gasteiger partial charge in [0.15, 0.2) is 0 Å².